The molecule has 2 aliphatic rings. The molecule has 3 heteroatoms. The summed E-state index contributed by atoms with van der Waals surface area (Å²) in [4.78, 5) is 2.80. The van der Waals surface area contributed by atoms with Crippen molar-refractivity contribution in [3.63, 3.8) is 0 Å². The van der Waals surface area contributed by atoms with Gasteiger partial charge >= 0.3 is 0 Å². The van der Waals surface area contributed by atoms with Crippen molar-refractivity contribution in [1.82, 2.24) is 10.2 Å². The second-order valence-electron chi connectivity index (χ2n) is 9.04. The Labute approximate surface area is 163 Å². The van der Waals surface area contributed by atoms with Gasteiger partial charge in [0.1, 0.15) is 6.23 Å². The van der Waals surface area contributed by atoms with E-state index in [9.17, 15) is 0 Å². The summed E-state index contributed by atoms with van der Waals surface area (Å²) in [7, 11) is 2.05. The normalized spacial score (nSPS) is 23.2. The van der Waals surface area contributed by atoms with Gasteiger partial charge < -0.3 is 9.64 Å². The number of likely N-dealkylation sites (tertiary alicyclic amines) is 1. The van der Waals surface area contributed by atoms with Crippen LogP contribution in [-0.4, -0.2) is 43.9 Å². The van der Waals surface area contributed by atoms with Crippen LogP contribution in [0.4, 0.5) is 0 Å². The molecule has 2 atom stereocenters. The molecular formula is C23H46N2O. The van der Waals surface area contributed by atoms with Crippen molar-refractivity contribution in [2.45, 2.75) is 110 Å². The minimum Gasteiger partial charge on any atom is -0.363 e. The van der Waals surface area contributed by atoms with E-state index in [1.165, 1.54) is 90.1 Å². The molecule has 0 aromatic heterocycles. The quantitative estimate of drug-likeness (QED) is 0.360. The number of piperidine rings is 1. The molecule has 2 unspecified atom stereocenters. The van der Waals surface area contributed by atoms with E-state index in [0.29, 0.717) is 0 Å². The van der Waals surface area contributed by atoms with Crippen LogP contribution in [-0.2, 0) is 4.74 Å². The van der Waals surface area contributed by atoms with E-state index in [4.69, 9.17) is 4.74 Å². The zero-order valence-corrected chi connectivity index (χ0v) is 18.0. The first-order valence-corrected chi connectivity index (χ1v) is 11.8. The van der Waals surface area contributed by atoms with Crippen molar-refractivity contribution in [2.75, 3.05) is 26.7 Å². The summed E-state index contributed by atoms with van der Waals surface area (Å²) in [6, 6.07) is 0.906. The molecule has 26 heavy (non-hydrogen) atoms. The second-order valence-corrected chi connectivity index (χ2v) is 9.04. The molecule has 0 aromatic rings. The molecule has 1 N–H and O–H groups in total. The van der Waals surface area contributed by atoms with Gasteiger partial charge in [0.2, 0.25) is 0 Å². The molecule has 0 spiro atoms. The summed E-state index contributed by atoms with van der Waals surface area (Å²) in [6.07, 6.45) is 18.1. The summed E-state index contributed by atoms with van der Waals surface area (Å²) in [5.41, 5.74) is 0. The number of nitrogens with one attached hydrogen (secondary N) is 1. The molecule has 1 saturated heterocycles. The molecule has 0 aromatic carbocycles. The third-order valence-corrected chi connectivity index (χ3v) is 6.82. The average Bonchev–Trinajstić information content (AvgIpc) is 2.68. The van der Waals surface area contributed by atoms with Gasteiger partial charge in [-0.1, -0.05) is 58.8 Å². The van der Waals surface area contributed by atoms with Gasteiger partial charge in [-0.15, -0.1) is 0 Å². The minimum atomic E-state index is 0.244. The Balaban J connectivity index is 1.55. The standard InChI is InChI=1S/C23H46N2O/c1-4-5-7-10-20(2)19-23(24-3)26-18-15-21-13-16-25(17-14-21)22-11-8-6-9-12-22/h20-24H,4-19H2,1-3H3. The van der Waals surface area contributed by atoms with Crippen LogP contribution in [0.3, 0.4) is 0 Å². The highest BCUT2D eigenvalue weighted by Crippen LogP contribution is 2.28. The van der Waals surface area contributed by atoms with Crippen LogP contribution in [0.5, 0.6) is 0 Å². The van der Waals surface area contributed by atoms with Crippen LogP contribution in [0.15, 0.2) is 0 Å². The summed E-state index contributed by atoms with van der Waals surface area (Å²) in [5.74, 6) is 1.65. The van der Waals surface area contributed by atoms with E-state index in [0.717, 1.165) is 30.9 Å². The average molecular weight is 367 g/mol. The van der Waals surface area contributed by atoms with Gasteiger partial charge in [-0.05, 0) is 70.5 Å². The fourth-order valence-electron chi connectivity index (χ4n) is 4.93. The SMILES string of the molecule is CCCCCC(C)CC(NC)OCCC1CCN(C2CCCCC2)CC1. The lowest BCUT2D eigenvalue weighted by Crippen LogP contribution is -2.42. The molecule has 1 heterocycles. The Hall–Kier alpha value is -0.120. The molecule has 2 fully saturated rings. The van der Waals surface area contributed by atoms with Gasteiger partial charge in [-0.2, -0.15) is 0 Å². The first kappa shape index (κ1) is 22.2. The first-order chi connectivity index (χ1) is 12.7. The van der Waals surface area contributed by atoms with Crippen molar-refractivity contribution in [2.24, 2.45) is 11.8 Å². The summed E-state index contributed by atoms with van der Waals surface area (Å²) < 4.78 is 6.19. The molecule has 154 valence electrons. The highest BCUT2D eigenvalue weighted by atomic mass is 16.5. The maximum absolute atomic E-state index is 6.19. The van der Waals surface area contributed by atoms with Crippen LogP contribution >= 0.6 is 0 Å². The molecular weight excluding hydrogens is 320 g/mol. The van der Waals surface area contributed by atoms with E-state index in [1.54, 1.807) is 0 Å². The maximum Gasteiger partial charge on any atom is 0.108 e. The molecule has 0 radical (unpaired) electrons. The number of unbranched alkanes of at least 4 members (excludes halogenated alkanes) is 2. The first-order valence-electron chi connectivity index (χ1n) is 11.8. The number of nitrogens with zero attached hydrogens (tertiary/aromatic N) is 1. The molecule has 1 aliphatic carbocycles. The molecule has 2 rings (SSSR count). The van der Waals surface area contributed by atoms with Crippen LogP contribution in [0, 0.1) is 11.8 Å². The fraction of sp³-hybridized carbons (Fsp3) is 1.00. The number of rotatable bonds is 12. The third-order valence-electron chi connectivity index (χ3n) is 6.82. The molecule has 0 amide bonds. The topological polar surface area (TPSA) is 24.5 Å². The summed E-state index contributed by atoms with van der Waals surface area (Å²) in [6.45, 7) is 8.26. The highest BCUT2D eigenvalue weighted by molar-refractivity contribution is 4.80. The highest BCUT2D eigenvalue weighted by Gasteiger charge is 2.26. The van der Waals surface area contributed by atoms with Crippen LogP contribution in [0.1, 0.15) is 97.3 Å². The number of ether oxygens (including phenoxy) is 1. The number of hydrogen-bond acceptors (Lipinski definition) is 3. The van der Waals surface area contributed by atoms with E-state index in [-0.39, 0.29) is 6.23 Å². The van der Waals surface area contributed by atoms with Crippen LogP contribution < -0.4 is 5.32 Å². The van der Waals surface area contributed by atoms with Gasteiger partial charge in [0.15, 0.2) is 0 Å². The Morgan fingerprint density at radius 2 is 1.77 bits per heavy atom. The number of hydrogen-bond donors (Lipinski definition) is 1. The Kier molecular flexibility index (Phi) is 11.2. The van der Waals surface area contributed by atoms with E-state index in [1.807, 2.05) is 7.05 Å². The minimum absolute atomic E-state index is 0.244. The largest absolute Gasteiger partial charge is 0.363 e. The fourth-order valence-corrected chi connectivity index (χ4v) is 4.93. The lowest BCUT2D eigenvalue weighted by Gasteiger charge is -2.39. The lowest BCUT2D eigenvalue weighted by molar-refractivity contribution is 0.00605. The predicted octanol–water partition coefficient (Wildman–Crippen LogP) is 5.59. The monoisotopic (exact) mass is 366 g/mol. The summed E-state index contributed by atoms with van der Waals surface area (Å²) in [5, 5.41) is 3.38. The molecule has 1 aliphatic heterocycles. The Bertz CT molecular complexity index is 335. The maximum atomic E-state index is 6.19. The van der Waals surface area contributed by atoms with E-state index >= 15 is 0 Å². The zero-order valence-electron chi connectivity index (χ0n) is 18.0. The van der Waals surface area contributed by atoms with Crippen molar-refractivity contribution in [1.29, 1.82) is 0 Å². The van der Waals surface area contributed by atoms with E-state index < -0.39 is 0 Å². The van der Waals surface area contributed by atoms with Crippen molar-refractivity contribution < 1.29 is 4.74 Å². The molecule has 3 nitrogen and oxygen atoms in total. The predicted molar refractivity (Wildman–Crippen MR) is 113 cm³/mol. The van der Waals surface area contributed by atoms with Gasteiger partial charge in [-0.25, -0.2) is 0 Å². The van der Waals surface area contributed by atoms with Crippen molar-refractivity contribution in [3.05, 3.63) is 0 Å². The van der Waals surface area contributed by atoms with Gasteiger partial charge in [-0.3, -0.25) is 5.32 Å². The van der Waals surface area contributed by atoms with Gasteiger partial charge in [0.25, 0.3) is 0 Å². The Morgan fingerprint density at radius 1 is 1.04 bits per heavy atom. The van der Waals surface area contributed by atoms with E-state index in [2.05, 4.69) is 24.1 Å². The molecule has 1 saturated carbocycles. The van der Waals surface area contributed by atoms with Crippen molar-refractivity contribution in [3.8, 4) is 0 Å². The van der Waals surface area contributed by atoms with Gasteiger partial charge in [0.05, 0.1) is 0 Å². The third kappa shape index (κ3) is 8.27. The zero-order chi connectivity index (χ0) is 18.6. The van der Waals surface area contributed by atoms with Gasteiger partial charge in [0, 0.05) is 12.6 Å². The smallest absolute Gasteiger partial charge is 0.108 e. The lowest BCUT2D eigenvalue weighted by atomic mass is 9.89. The van der Waals surface area contributed by atoms with Crippen LogP contribution in [0.2, 0.25) is 0 Å². The second kappa shape index (κ2) is 13.1. The molecule has 0 bridgehead atoms. The van der Waals surface area contributed by atoms with Crippen LogP contribution in [0.25, 0.3) is 0 Å². The Morgan fingerprint density at radius 3 is 2.42 bits per heavy atom. The van der Waals surface area contributed by atoms with Crippen molar-refractivity contribution >= 4 is 0 Å². The summed E-state index contributed by atoms with van der Waals surface area (Å²) >= 11 is 0.